The number of imidazole rings is 1. The van der Waals surface area contributed by atoms with Crippen molar-refractivity contribution in [2.75, 3.05) is 39.1 Å². The highest BCUT2D eigenvalue weighted by Crippen LogP contribution is 2.26. The van der Waals surface area contributed by atoms with Gasteiger partial charge in [-0.3, -0.25) is 4.99 Å². The summed E-state index contributed by atoms with van der Waals surface area (Å²) in [7, 11) is 7.91. The first-order valence-corrected chi connectivity index (χ1v) is 8.78. The molecule has 1 N–H and O–H groups in total. The number of halogens is 1. The van der Waals surface area contributed by atoms with Crippen LogP contribution in [0, 0.1) is 0 Å². The molecule has 1 fully saturated rings. The Hall–Kier alpha value is -1.77. The Labute approximate surface area is 173 Å². The van der Waals surface area contributed by atoms with E-state index in [2.05, 4.69) is 55.1 Å². The molecular formula is C19H29IN6. The monoisotopic (exact) mass is 468 g/mol. The summed E-state index contributed by atoms with van der Waals surface area (Å²) >= 11 is 0. The molecule has 0 saturated carbocycles. The van der Waals surface area contributed by atoms with Gasteiger partial charge >= 0.3 is 0 Å². The van der Waals surface area contributed by atoms with Gasteiger partial charge in [-0.1, -0.05) is 30.3 Å². The number of rotatable bonds is 4. The van der Waals surface area contributed by atoms with Crippen molar-refractivity contribution in [2.45, 2.75) is 18.9 Å². The molecule has 7 heteroatoms. The van der Waals surface area contributed by atoms with Crippen molar-refractivity contribution in [3.8, 4) is 0 Å². The normalized spacial score (nSPS) is 17.2. The van der Waals surface area contributed by atoms with Crippen molar-refractivity contribution in [3.05, 3.63) is 47.8 Å². The minimum Gasteiger partial charge on any atom is -0.351 e. The fourth-order valence-corrected chi connectivity index (χ4v) is 3.47. The van der Waals surface area contributed by atoms with E-state index in [1.807, 2.05) is 39.3 Å². The summed E-state index contributed by atoms with van der Waals surface area (Å²) < 4.78 is 2.11. The minimum atomic E-state index is 0. The van der Waals surface area contributed by atoms with Gasteiger partial charge in [0.05, 0.1) is 18.4 Å². The van der Waals surface area contributed by atoms with Crippen LogP contribution in [0.15, 0.2) is 41.5 Å². The lowest BCUT2D eigenvalue weighted by atomic mass is 9.99. The first-order valence-electron chi connectivity index (χ1n) is 8.78. The number of benzene rings is 1. The standard InChI is InChI=1S/C19H28N6.HI/c1-20-18(21-12-17-13-22-19(23(2)3)24(17)4)25-11-10-16(14-25)15-8-6-5-7-9-15;/h5-9,13,16H,10-12,14H2,1-4H3,(H,20,21);1H. The number of nitrogens with one attached hydrogen (secondary N) is 1. The summed E-state index contributed by atoms with van der Waals surface area (Å²) in [5, 5.41) is 3.49. The third-order valence-corrected chi connectivity index (χ3v) is 4.86. The van der Waals surface area contributed by atoms with Gasteiger partial charge in [-0.15, -0.1) is 24.0 Å². The highest BCUT2D eigenvalue weighted by Gasteiger charge is 2.26. The predicted octanol–water partition coefficient (Wildman–Crippen LogP) is 2.67. The lowest BCUT2D eigenvalue weighted by molar-refractivity contribution is 0.484. The molecule has 2 aromatic rings. The lowest BCUT2D eigenvalue weighted by Crippen LogP contribution is -2.39. The van der Waals surface area contributed by atoms with Crippen LogP contribution in [0.4, 0.5) is 5.95 Å². The number of aromatic nitrogens is 2. The van der Waals surface area contributed by atoms with Gasteiger partial charge in [-0.2, -0.15) is 0 Å². The van der Waals surface area contributed by atoms with E-state index < -0.39 is 0 Å². The summed E-state index contributed by atoms with van der Waals surface area (Å²) in [6.45, 7) is 2.77. The predicted molar refractivity (Wildman–Crippen MR) is 119 cm³/mol. The molecule has 2 heterocycles. The third kappa shape index (κ3) is 4.49. The first kappa shape index (κ1) is 20.5. The molecule has 1 aliphatic heterocycles. The molecule has 6 nitrogen and oxygen atoms in total. The summed E-state index contributed by atoms with van der Waals surface area (Å²) in [5.41, 5.74) is 2.56. The Morgan fingerprint density at radius 2 is 2.04 bits per heavy atom. The molecule has 1 atom stereocenters. The van der Waals surface area contributed by atoms with Crippen LogP contribution in [0.3, 0.4) is 0 Å². The molecule has 0 aliphatic carbocycles. The molecule has 0 spiro atoms. The molecule has 1 unspecified atom stereocenters. The van der Waals surface area contributed by atoms with E-state index >= 15 is 0 Å². The van der Waals surface area contributed by atoms with E-state index in [1.54, 1.807) is 0 Å². The zero-order valence-corrected chi connectivity index (χ0v) is 18.3. The van der Waals surface area contributed by atoms with Gasteiger partial charge in [0.2, 0.25) is 5.95 Å². The smallest absolute Gasteiger partial charge is 0.204 e. The molecule has 142 valence electrons. The lowest BCUT2D eigenvalue weighted by Gasteiger charge is -2.22. The molecule has 26 heavy (non-hydrogen) atoms. The maximum absolute atomic E-state index is 4.48. The van der Waals surface area contributed by atoms with Crippen LogP contribution in [-0.2, 0) is 13.6 Å². The quantitative estimate of drug-likeness (QED) is 0.426. The number of guanidine groups is 1. The maximum Gasteiger partial charge on any atom is 0.204 e. The van der Waals surface area contributed by atoms with Gasteiger partial charge in [0.25, 0.3) is 0 Å². The average molecular weight is 468 g/mol. The van der Waals surface area contributed by atoms with Crippen LogP contribution in [0.1, 0.15) is 23.6 Å². The van der Waals surface area contributed by atoms with Crippen molar-refractivity contribution in [1.29, 1.82) is 0 Å². The number of hydrogen-bond donors (Lipinski definition) is 1. The Kier molecular flexibility index (Phi) is 7.31. The van der Waals surface area contributed by atoms with Crippen molar-refractivity contribution in [1.82, 2.24) is 19.8 Å². The zero-order chi connectivity index (χ0) is 17.8. The van der Waals surface area contributed by atoms with Crippen molar-refractivity contribution in [3.63, 3.8) is 0 Å². The Morgan fingerprint density at radius 1 is 1.31 bits per heavy atom. The Morgan fingerprint density at radius 3 is 2.65 bits per heavy atom. The molecule has 1 aromatic carbocycles. The SMILES string of the molecule is CN=C(NCc1cnc(N(C)C)n1C)N1CCC(c2ccccc2)C1.I. The van der Waals surface area contributed by atoms with E-state index in [1.165, 1.54) is 12.0 Å². The Bertz CT molecular complexity index is 725. The molecule has 3 rings (SSSR count). The molecular weight excluding hydrogens is 439 g/mol. The number of aliphatic imine (C=N–C) groups is 1. The van der Waals surface area contributed by atoms with Crippen LogP contribution in [0.25, 0.3) is 0 Å². The zero-order valence-electron chi connectivity index (χ0n) is 16.0. The van der Waals surface area contributed by atoms with Crippen molar-refractivity contribution >= 4 is 35.9 Å². The fraction of sp³-hybridized carbons (Fsp3) is 0.474. The van der Waals surface area contributed by atoms with Gasteiger partial charge < -0.3 is 19.7 Å². The van der Waals surface area contributed by atoms with E-state index in [9.17, 15) is 0 Å². The summed E-state index contributed by atoms with van der Waals surface area (Å²) in [6, 6.07) is 10.8. The van der Waals surface area contributed by atoms with Gasteiger partial charge in [0.15, 0.2) is 5.96 Å². The maximum atomic E-state index is 4.48. The topological polar surface area (TPSA) is 48.7 Å². The fourth-order valence-electron chi connectivity index (χ4n) is 3.47. The highest BCUT2D eigenvalue weighted by molar-refractivity contribution is 14.0. The summed E-state index contributed by atoms with van der Waals surface area (Å²) in [6.07, 6.45) is 3.09. The second-order valence-corrected chi connectivity index (χ2v) is 6.75. The average Bonchev–Trinajstić information content (AvgIpc) is 3.24. The second kappa shape index (κ2) is 9.25. The van der Waals surface area contributed by atoms with Crippen molar-refractivity contribution < 1.29 is 0 Å². The van der Waals surface area contributed by atoms with Gasteiger partial charge in [0.1, 0.15) is 0 Å². The highest BCUT2D eigenvalue weighted by atomic mass is 127. The van der Waals surface area contributed by atoms with Gasteiger partial charge in [-0.25, -0.2) is 4.98 Å². The van der Waals surface area contributed by atoms with E-state index in [4.69, 9.17) is 0 Å². The van der Waals surface area contributed by atoms with Crippen LogP contribution in [-0.4, -0.2) is 54.6 Å². The number of anilines is 1. The molecule has 0 amide bonds. The van der Waals surface area contributed by atoms with Crippen LogP contribution in [0.5, 0.6) is 0 Å². The summed E-state index contributed by atoms with van der Waals surface area (Å²) in [4.78, 5) is 13.3. The molecule has 0 bridgehead atoms. The van der Waals surface area contributed by atoms with Crippen LogP contribution < -0.4 is 10.2 Å². The minimum absolute atomic E-state index is 0. The first-order chi connectivity index (χ1) is 12.1. The third-order valence-electron chi connectivity index (χ3n) is 4.86. The second-order valence-electron chi connectivity index (χ2n) is 6.75. The molecule has 1 saturated heterocycles. The molecule has 1 aliphatic rings. The molecule has 0 radical (unpaired) electrons. The van der Waals surface area contributed by atoms with E-state index in [-0.39, 0.29) is 24.0 Å². The Balaban J connectivity index is 0.00000243. The van der Waals surface area contributed by atoms with Crippen LogP contribution in [0.2, 0.25) is 0 Å². The number of nitrogens with zero attached hydrogens (tertiary/aromatic N) is 5. The van der Waals surface area contributed by atoms with Crippen molar-refractivity contribution in [2.24, 2.45) is 12.0 Å². The largest absolute Gasteiger partial charge is 0.351 e. The van der Waals surface area contributed by atoms with Gasteiger partial charge in [-0.05, 0) is 12.0 Å². The summed E-state index contributed by atoms with van der Waals surface area (Å²) in [5.74, 6) is 2.50. The van der Waals surface area contributed by atoms with E-state index in [0.29, 0.717) is 5.92 Å². The number of hydrogen-bond acceptors (Lipinski definition) is 3. The van der Waals surface area contributed by atoms with Gasteiger partial charge in [0, 0.05) is 47.2 Å². The van der Waals surface area contributed by atoms with Crippen LogP contribution >= 0.6 is 24.0 Å². The number of likely N-dealkylation sites (tertiary alicyclic amines) is 1. The van der Waals surface area contributed by atoms with E-state index in [0.717, 1.165) is 37.2 Å². The molecule has 1 aromatic heterocycles.